The Hall–Kier alpha value is -4.17. The van der Waals surface area contributed by atoms with E-state index in [4.69, 9.17) is 16.7 Å². The fraction of sp³-hybridized carbons (Fsp3) is 0.241. The Balaban J connectivity index is 1.28. The summed E-state index contributed by atoms with van der Waals surface area (Å²) in [7, 11) is 0. The van der Waals surface area contributed by atoms with Crippen molar-refractivity contribution in [3.8, 4) is 11.4 Å². The van der Waals surface area contributed by atoms with Crippen molar-refractivity contribution in [2.45, 2.75) is 39.5 Å². The number of imidazole rings is 1. The first kappa shape index (κ1) is 24.2. The second-order valence-corrected chi connectivity index (χ2v) is 10.8. The van der Waals surface area contributed by atoms with Crippen LogP contribution in [0.2, 0.25) is 5.02 Å². The van der Waals surface area contributed by atoms with Crippen LogP contribution < -0.4 is 0 Å². The van der Waals surface area contributed by atoms with Gasteiger partial charge in [-0.2, -0.15) is 5.10 Å². The summed E-state index contributed by atoms with van der Waals surface area (Å²) in [5.74, 6) is -0.870. The Labute approximate surface area is 223 Å². The molecule has 3 heterocycles. The quantitative estimate of drug-likeness (QED) is 0.279. The summed E-state index contributed by atoms with van der Waals surface area (Å²) >= 11 is 6.62. The van der Waals surface area contributed by atoms with Gasteiger partial charge in [0.1, 0.15) is 17.6 Å². The summed E-state index contributed by atoms with van der Waals surface area (Å²) in [5.41, 5.74) is 5.92. The number of benzene rings is 2. The third kappa shape index (κ3) is 3.92. The van der Waals surface area contributed by atoms with Crippen LogP contribution in [0.15, 0.2) is 54.9 Å². The van der Waals surface area contributed by atoms with Crippen molar-refractivity contribution in [1.29, 1.82) is 0 Å². The molecule has 0 radical (unpaired) electrons. The lowest BCUT2D eigenvalue weighted by Gasteiger charge is -2.32. The number of carboxylic acid groups (broad SMARTS) is 1. The third-order valence-electron chi connectivity index (χ3n) is 7.61. The Morgan fingerprint density at radius 1 is 1.13 bits per heavy atom. The molecule has 0 amide bonds. The van der Waals surface area contributed by atoms with Gasteiger partial charge in [0.05, 0.1) is 27.3 Å². The van der Waals surface area contributed by atoms with Crippen LogP contribution in [0.3, 0.4) is 0 Å². The topological polar surface area (TPSA) is 110 Å². The molecule has 8 nitrogen and oxygen atoms in total. The lowest BCUT2D eigenvalue weighted by Crippen LogP contribution is -2.28. The van der Waals surface area contributed by atoms with Crippen molar-refractivity contribution in [3.05, 3.63) is 88.0 Å². The van der Waals surface area contributed by atoms with E-state index in [1.54, 1.807) is 51.8 Å². The first-order chi connectivity index (χ1) is 18.1. The number of nitrogens with zero attached hydrogens (tertiary/aromatic N) is 4. The standard InChI is InChI=1S/C29H25ClN4O4/c1-16-3-8-25(35)27-20-13-29(2,10-9-22(20)32-34(16)27)14-26(36)19-6-5-18(12-21(19)30)33-15-31-23-7-4-17(28(37)38)11-24(23)33/h3-8,11-12,15,35H,9-10,13-14H2,1-2H3,(H,37,38)/t29-/m1/s1. The fourth-order valence-electron chi connectivity index (χ4n) is 5.55. The van der Waals surface area contributed by atoms with Gasteiger partial charge in [0.2, 0.25) is 0 Å². The van der Waals surface area contributed by atoms with E-state index in [0.717, 1.165) is 35.3 Å². The van der Waals surface area contributed by atoms with Crippen LogP contribution in [0.25, 0.3) is 22.2 Å². The van der Waals surface area contributed by atoms with E-state index < -0.39 is 5.97 Å². The molecule has 0 fully saturated rings. The van der Waals surface area contributed by atoms with Gasteiger partial charge in [-0.15, -0.1) is 0 Å². The number of rotatable bonds is 5. The van der Waals surface area contributed by atoms with E-state index in [0.29, 0.717) is 40.1 Å². The van der Waals surface area contributed by atoms with Crippen LogP contribution in [0.4, 0.5) is 0 Å². The Morgan fingerprint density at radius 3 is 2.71 bits per heavy atom. The number of halogens is 1. The molecule has 2 N–H and O–H groups in total. The molecule has 0 saturated heterocycles. The minimum Gasteiger partial charge on any atom is -0.506 e. The normalized spacial score (nSPS) is 17.1. The van der Waals surface area contributed by atoms with Crippen molar-refractivity contribution >= 4 is 39.9 Å². The molecule has 0 spiro atoms. The summed E-state index contributed by atoms with van der Waals surface area (Å²) in [6, 6.07) is 13.5. The predicted octanol–water partition coefficient (Wildman–Crippen LogP) is 5.81. The molecule has 1 aliphatic rings. The van der Waals surface area contributed by atoms with Gasteiger partial charge in [0, 0.05) is 28.9 Å². The molecular formula is C29H25ClN4O4. The maximum atomic E-state index is 13.5. The van der Waals surface area contributed by atoms with Gasteiger partial charge in [-0.05, 0) is 80.1 Å². The van der Waals surface area contributed by atoms with Crippen LogP contribution in [0.5, 0.6) is 5.75 Å². The molecule has 6 rings (SSSR count). The van der Waals surface area contributed by atoms with Gasteiger partial charge in [0.15, 0.2) is 5.78 Å². The molecule has 192 valence electrons. The molecule has 0 saturated carbocycles. The monoisotopic (exact) mass is 528 g/mol. The highest BCUT2D eigenvalue weighted by molar-refractivity contribution is 6.34. The van der Waals surface area contributed by atoms with Crippen LogP contribution in [0.1, 0.15) is 57.4 Å². The highest BCUT2D eigenvalue weighted by Crippen LogP contribution is 2.42. The van der Waals surface area contributed by atoms with Gasteiger partial charge in [-0.25, -0.2) is 14.3 Å². The van der Waals surface area contributed by atoms with E-state index in [1.807, 2.05) is 13.0 Å². The number of hydrogen-bond donors (Lipinski definition) is 2. The SMILES string of the molecule is Cc1ccc(O)c2c3c(nn12)CC[C@@](C)(CC(=O)c1ccc(-n2cnc4ccc(C(=O)O)cc42)cc1Cl)C3. The second kappa shape index (κ2) is 8.70. The zero-order chi connectivity index (χ0) is 26.8. The largest absolute Gasteiger partial charge is 0.506 e. The maximum absolute atomic E-state index is 13.5. The number of ketones is 1. The number of pyridine rings is 1. The van der Waals surface area contributed by atoms with E-state index in [-0.39, 0.29) is 22.5 Å². The first-order valence-corrected chi connectivity index (χ1v) is 12.7. The highest BCUT2D eigenvalue weighted by Gasteiger charge is 2.36. The highest BCUT2D eigenvalue weighted by atomic mass is 35.5. The summed E-state index contributed by atoms with van der Waals surface area (Å²) < 4.78 is 3.55. The van der Waals surface area contributed by atoms with Crippen molar-refractivity contribution in [3.63, 3.8) is 0 Å². The summed E-state index contributed by atoms with van der Waals surface area (Å²) in [6.45, 7) is 4.06. The molecule has 9 heteroatoms. The number of carboxylic acids is 1. The maximum Gasteiger partial charge on any atom is 0.335 e. The number of aromatic hydroxyl groups is 1. The van der Waals surface area contributed by atoms with Crippen molar-refractivity contribution in [1.82, 2.24) is 19.2 Å². The predicted molar refractivity (Wildman–Crippen MR) is 144 cm³/mol. The number of aromatic nitrogens is 4. The molecule has 1 atom stereocenters. The van der Waals surface area contributed by atoms with Gasteiger partial charge < -0.3 is 10.2 Å². The molecule has 3 aromatic heterocycles. The molecule has 0 bridgehead atoms. The van der Waals surface area contributed by atoms with Crippen molar-refractivity contribution in [2.75, 3.05) is 0 Å². The van der Waals surface area contributed by atoms with Crippen LogP contribution >= 0.6 is 11.6 Å². The number of aromatic carboxylic acids is 1. The lowest BCUT2D eigenvalue weighted by atomic mass is 9.71. The Kier molecular flexibility index (Phi) is 5.54. The minimum absolute atomic E-state index is 0.0481. The first-order valence-electron chi connectivity index (χ1n) is 12.4. The number of hydrogen-bond acceptors (Lipinski definition) is 5. The minimum atomic E-state index is -1.02. The molecular weight excluding hydrogens is 504 g/mol. The van der Waals surface area contributed by atoms with E-state index in [2.05, 4.69) is 11.9 Å². The van der Waals surface area contributed by atoms with Crippen LogP contribution in [0, 0.1) is 12.3 Å². The van der Waals surface area contributed by atoms with Crippen LogP contribution in [-0.4, -0.2) is 41.1 Å². The lowest BCUT2D eigenvalue weighted by molar-refractivity contribution is 0.0696. The number of aryl methyl sites for hydroxylation is 2. The molecule has 1 aliphatic carbocycles. The number of carbonyl (C=O) groups is 2. The summed E-state index contributed by atoms with van der Waals surface area (Å²) in [5, 5.41) is 24.9. The Morgan fingerprint density at radius 2 is 1.95 bits per heavy atom. The third-order valence-corrected chi connectivity index (χ3v) is 7.92. The van der Waals surface area contributed by atoms with Gasteiger partial charge in [-0.3, -0.25) is 9.36 Å². The van der Waals surface area contributed by atoms with Crippen molar-refractivity contribution < 1.29 is 19.8 Å². The van der Waals surface area contributed by atoms with Gasteiger partial charge >= 0.3 is 5.97 Å². The zero-order valence-electron chi connectivity index (χ0n) is 20.9. The Bertz CT molecular complexity index is 1790. The molecule has 0 unspecified atom stereocenters. The number of Topliss-reactive ketones (excluding diaryl/α,β-unsaturated/α-hetero) is 1. The van der Waals surface area contributed by atoms with E-state index in [9.17, 15) is 19.8 Å². The summed E-state index contributed by atoms with van der Waals surface area (Å²) in [6.07, 6.45) is 4.09. The molecule has 5 aromatic rings. The van der Waals surface area contributed by atoms with E-state index in [1.165, 1.54) is 6.07 Å². The van der Waals surface area contributed by atoms with Gasteiger partial charge in [-0.1, -0.05) is 18.5 Å². The average Bonchev–Trinajstić information content (AvgIpc) is 3.47. The fourth-order valence-corrected chi connectivity index (χ4v) is 5.83. The molecule has 38 heavy (non-hydrogen) atoms. The van der Waals surface area contributed by atoms with Crippen molar-refractivity contribution in [2.24, 2.45) is 5.41 Å². The molecule has 2 aromatic carbocycles. The van der Waals surface area contributed by atoms with Crippen LogP contribution in [-0.2, 0) is 12.8 Å². The van der Waals surface area contributed by atoms with Gasteiger partial charge in [0.25, 0.3) is 0 Å². The zero-order valence-corrected chi connectivity index (χ0v) is 21.7. The average molecular weight is 529 g/mol. The summed E-state index contributed by atoms with van der Waals surface area (Å²) in [4.78, 5) is 29.2. The second-order valence-electron chi connectivity index (χ2n) is 10.4. The number of carbonyl (C=O) groups excluding carboxylic acids is 1. The van der Waals surface area contributed by atoms with E-state index >= 15 is 0 Å². The number of fused-ring (bicyclic) bond motifs is 4. The smallest absolute Gasteiger partial charge is 0.335 e. The molecule has 0 aliphatic heterocycles.